The van der Waals surface area contributed by atoms with Crippen LogP contribution in [0, 0.1) is 5.92 Å². The summed E-state index contributed by atoms with van der Waals surface area (Å²) in [5.74, 6) is 0.273. The summed E-state index contributed by atoms with van der Waals surface area (Å²) in [6.07, 6.45) is 2.47. The minimum Gasteiger partial charge on any atom is -0.393 e. The van der Waals surface area contributed by atoms with Crippen LogP contribution in [-0.4, -0.2) is 41.0 Å². The van der Waals surface area contributed by atoms with Crippen molar-refractivity contribution in [2.75, 3.05) is 19.0 Å². The van der Waals surface area contributed by atoms with Crippen molar-refractivity contribution in [2.45, 2.75) is 32.3 Å². The molecule has 1 aliphatic heterocycles. The molecule has 14 heavy (non-hydrogen) atoms. The van der Waals surface area contributed by atoms with Gasteiger partial charge in [0.1, 0.15) is 5.88 Å². The lowest BCUT2D eigenvalue weighted by atomic mass is 9.91. The lowest BCUT2D eigenvalue weighted by molar-refractivity contribution is -0.132. The van der Waals surface area contributed by atoms with Crippen LogP contribution >= 0.6 is 11.6 Å². The van der Waals surface area contributed by atoms with E-state index in [0.717, 1.165) is 12.8 Å². The Morgan fingerprint density at radius 2 is 2.36 bits per heavy atom. The second-order valence-electron chi connectivity index (χ2n) is 3.88. The maximum absolute atomic E-state index is 11.3. The number of hydrogen-bond donors (Lipinski definition) is 1. The Bertz CT molecular complexity index is 199. The Labute approximate surface area is 90.0 Å². The average molecular weight is 220 g/mol. The average Bonchev–Trinajstić information content (AvgIpc) is 2.20. The number of piperidine rings is 1. The van der Waals surface area contributed by atoms with E-state index < -0.39 is 0 Å². The monoisotopic (exact) mass is 219 g/mol. The van der Waals surface area contributed by atoms with Crippen LogP contribution in [0.2, 0.25) is 0 Å². The number of aliphatic hydroxyl groups excluding tert-OH is 1. The Balaban J connectivity index is 2.48. The van der Waals surface area contributed by atoms with Gasteiger partial charge in [0.2, 0.25) is 5.91 Å². The molecule has 0 spiro atoms. The van der Waals surface area contributed by atoms with Crippen molar-refractivity contribution in [3.63, 3.8) is 0 Å². The van der Waals surface area contributed by atoms with Gasteiger partial charge in [-0.05, 0) is 12.8 Å². The first-order valence-electron chi connectivity index (χ1n) is 5.20. The molecule has 1 N–H and O–H groups in total. The minimum atomic E-state index is -0.241. The summed E-state index contributed by atoms with van der Waals surface area (Å²) in [6, 6.07) is 0. The van der Waals surface area contributed by atoms with Crippen LogP contribution < -0.4 is 0 Å². The lowest BCUT2D eigenvalue weighted by Crippen LogP contribution is -2.46. The molecule has 1 saturated heterocycles. The number of likely N-dealkylation sites (tertiary alicyclic amines) is 1. The molecule has 1 fully saturated rings. The van der Waals surface area contributed by atoms with Crippen LogP contribution in [0.25, 0.3) is 0 Å². The number of rotatable bonds is 3. The second-order valence-corrected chi connectivity index (χ2v) is 4.15. The van der Waals surface area contributed by atoms with E-state index >= 15 is 0 Å². The van der Waals surface area contributed by atoms with Gasteiger partial charge in [0.25, 0.3) is 0 Å². The van der Waals surface area contributed by atoms with Crippen molar-refractivity contribution in [2.24, 2.45) is 5.92 Å². The van der Waals surface area contributed by atoms with Crippen LogP contribution in [-0.2, 0) is 4.79 Å². The number of carbonyl (C=O) groups excluding carboxylic acids is 1. The third-order valence-electron chi connectivity index (χ3n) is 2.82. The van der Waals surface area contributed by atoms with Crippen LogP contribution in [0.15, 0.2) is 0 Å². The molecule has 0 unspecified atom stereocenters. The number of carbonyl (C=O) groups is 1. The highest BCUT2D eigenvalue weighted by Gasteiger charge is 2.28. The number of nitrogens with zero attached hydrogens (tertiary/aromatic N) is 1. The predicted molar refractivity (Wildman–Crippen MR) is 56.3 cm³/mol. The fourth-order valence-corrected chi connectivity index (χ4v) is 2.15. The van der Waals surface area contributed by atoms with Crippen molar-refractivity contribution in [1.82, 2.24) is 4.90 Å². The van der Waals surface area contributed by atoms with E-state index in [1.165, 1.54) is 0 Å². The van der Waals surface area contributed by atoms with Crippen molar-refractivity contribution >= 4 is 17.5 Å². The molecule has 0 saturated carbocycles. The van der Waals surface area contributed by atoms with E-state index in [1.54, 1.807) is 4.90 Å². The summed E-state index contributed by atoms with van der Waals surface area (Å²) in [7, 11) is 0. The van der Waals surface area contributed by atoms with Crippen molar-refractivity contribution in [3.05, 3.63) is 0 Å². The Kier molecular flexibility index (Phi) is 4.69. The maximum atomic E-state index is 11.3. The molecule has 0 aromatic rings. The first-order chi connectivity index (χ1) is 6.69. The summed E-state index contributed by atoms with van der Waals surface area (Å²) < 4.78 is 0. The SMILES string of the molecule is CCC[C@H]1CN(C(=O)CCl)CC[C@H]1O. The van der Waals surface area contributed by atoms with E-state index in [-0.39, 0.29) is 23.8 Å². The molecule has 4 heteroatoms. The second kappa shape index (κ2) is 5.56. The minimum absolute atomic E-state index is 0.0142. The van der Waals surface area contributed by atoms with E-state index in [4.69, 9.17) is 11.6 Å². The summed E-state index contributed by atoms with van der Waals surface area (Å²) in [5, 5.41) is 9.70. The van der Waals surface area contributed by atoms with E-state index in [0.29, 0.717) is 19.5 Å². The van der Waals surface area contributed by atoms with Crippen LogP contribution in [0.4, 0.5) is 0 Å². The number of alkyl halides is 1. The molecule has 1 rings (SSSR count). The predicted octanol–water partition coefficient (Wildman–Crippen LogP) is 1.23. The largest absolute Gasteiger partial charge is 0.393 e. The molecule has 0 aliphatic carbocycles. The molecule has 1 heterocycles. The number of halogens is 1. The van der Waals surface area contributed by atoms with E-state index in [1.807, 2.05) is 0 Å². The van der Waals surface area contributed by atoms with Crippen molar-refractivity contribution in [1.29, 1.82) is 0 Å². The Hall–Kier alpha value is -0.280. The molecular formula is C10H18ClNO2. The first-order valence-corrected chi connectivity index (χ1v) is 5.74. The fourth-order valence-electron chi connectivity index (χ4n) is 1.99. The lowest BCUT2D eigenvalue weighted by Gasteiger charge is -2.35. The molecule has 1 amide bonds. The zero-order valence-corrected chi connectivity index (χ0v) is 9.33. The van der Waals surface area contributed by atoms with Gasteiger partial charge in [-0.1, -0.05) is 13.3 Å². The van der Waals surface area contributed by atoms with Gasteiger partial charge in [0, 0.05) is 19.0 Å². The summed E-state index contributed by atoms with van der Waals surface area (Å²) >= 11 is 5.49. The summed E-state index contributed by atoms with van der Waals surface area (Å²) in [6.45, 7) is 3.41. The molecule has 0 aromatic heterocycles. The third kappa shape index (κ3) is 2.85. The molecule has 82 valence electrons. The molecule has 0 radical (unpaired) electrons. The van der Waals surface area contributed by atoms with Crippen molar-refractivity contribution < 1.29 is 9.90 Å². The van der Waals surface area contributed by atoms with Crippen LogP contribution in [0.3, 0.4) is 0 Å². The molecular weight excluding hydrogens is 202 g/mol. The van der Waals surface area contributed by atoms with Gasteiger partial charge in [0.05, 0.1) is 6.10 Å². The highest BCUT2D eigenvalue weighted by Crippen LogP contribution is 2.21. The molecule has 1 aliphatic rings. The van der Waals surface area contributed by atoms with Crippen LogP contribution in [0.5, 0.6) is 0 Å². The Morgan fingerprint density at radius 1 is 1.64 bits per heavy atom. The van der Waals surface area contributed by atoms with Gasteiger partial charge in [0.15, 0.2) is 0 Å². The molecule has 0 bridgehead atoms. The van der Waals surface area contributed by atoms with Gasteiger partial charge in [-0.3, -0.25) is 4.79 Å². The highest BCUT2D eigenvalue weighted by atomic mass is 35.5. The normalized spacial score (nSPS) is 27.8. The zero-order valence-electron chi connectivity index (χ0n) is 8.58. The molecule has 2 atom stereocenters. The summed E-state index contributed by atoms with van der Waals surface area (Å²) in [4.78, 5) is 13.1. The maximum Gasteiger partial charge on any atom is 0.237 e. The number of amides is 1. The standard InChI is InChI=1S/C10H18ClNO2/c1-2-3-8-7-12(10(14)6-11)5-4-9(8)13/h8-9,13H,2-7H2,1H3/t8-,9+/m0/s1. The topological polar surface area (TPSA) is 40.5 Å². The molecule has 0 aromatic carbocycles. The van der Waals surface area contributed by atoms with Gasteiger partial charge >= 0.3 is 0 Å². The zero-order chi connectivity index (χ0) is 10.6. The quantitative estimate of drug-likeness (QED) is 0.726. The molecule has 3 nitrogen and oxygen atoms in total. The van der Waals surface area contributed by atoms with E-state index in [9.17, 15) is 9.90 Å². The number of hydrogen-bond acceptors (Lipinski definition) is 2. The van der Waals surface area contributed by atoms with Gasteiger partial charge in [-0.2, -0.15) is 0 Å². The first kappa shape index (κ1) is 11.8. The van der Waals surface area contributed by atoms with Crippen LogP contribution in [0.1, 0.15) is 26.2 Å². The van der Waals surface area contributed by atoms with Gasteiger partial charge in [-0.15, -0.1) is 11.6 Å². The van der Waals surface area contributed by atoms with Gasteiger partial charge in [-0.25, -0.2) is 0 Å². The van der Waals surface area contributed by atoms with Crippen molar-refractivity contribution in [3.8, 4) is 0 Å². The number of aliphatic hydroxyl groups is 1. The third-order valence-corrected chi connectivity index (χ3v) is 3.05. The van der Waals surface area contributed by atoms with E-state index in [2.05, 4.69) is 6.92 Å². The van der Waals surface area contributed by atoms with Gasteiger partial charge < -0.3 is 10.0 Å². The smallest absolute Gasteiger partial charge is 0.237 e. The highest BCUT2D eigenvalue weighted by molar-refractivity contribution is 6.27. The Morgan fingerprint density at radius 3 is 2.93 bits per heavy atom. The fraction of sp³-hybridized carbons (Fsp3) is 0.900. The summed E-state index contributed by atoms with van der Waals surface area (Å²) in [5.41, 5.74) is 0.